The summed E-state index contributed by atoms with van der Waals surface area (Å²) in [5.41, 5.74) is 0.00944. The van der Waals surface area contributed by atoms with Gasteiger partial charge in [0.05, 0.1) is 36.7 Å². The van der Waals surface area contributed by atoms with Crippen LogP contribution >= 0.6 is 0 Å². The molecule has 0 bridgehead atoms. The highest BCUT2D eigenvalue weighted by atomic mass is 19.4. The monoisotopic (exact) mass is 359 g/mol. The molecule has 0 atom stereocenters. The normalized spacial score (nSPS) is 15.9. The number of nitrogens with zero attached hydrogens (tertiary/aromatic N) is 2. The van der Waals surface area contributed by atoms with Crippen LogP contribution in [0.3, 0.4) is 0 Å². The Morgan fingerprint density at radius 1 is 1.24 bits per heavy atom. The van der Waals surface area contributed by atoms with Crippen molar-refractivity contribution in [3.8, 4) is 0 Å². The van der Waals surface area contributed by atoms with Gasteiger partial charge >= 0.3 is 6.18 Å². The second-order valence-corrected chi connectivity index (χ2v) is 5.84. The molecule has 0 aliphatic carbocycles. The number of morpholine rings is 1. The number of ether oxygens (including phenoxy) is 1. The Hall–Kier alpha value is -1.80. The van der Waals surface area contributed by atoms with Crippen LogP contribution in [0.25, 0.3) is 0 Å². The van der Waals surface area contributed by atoms with Crippen LogP contribution in [0.4, 0.5) is 24.5 Å². The molecule has 1 N–H and O–H groups in total. The van der Waals surface area contributed by atoms with E-state index in [-0.39, 0.29) is 18.1 Å². The third kappa shape index (κ3) is 5.34. The van der Waals surface area contributed by atoms with E-state index >= 15 is 0 Å². The predicted molar refractivity (Wildman–Crippen MR) is 90.9 cm³/mol. The number of hydrogen-bond donors (Lipinski definition) is 1. The fourth-order valence-corrected chi connectivity index (χ4v) is 2.80. The van der Waals surface area contributed by atoms with E-state index in [1.54, 1.807) is 0 Å². The van der Waals surface area contributed by atoms with Gasteiger partial charge < -0.3 is 15.0 Å². The smallest absolute Gasteiger partial charge is 0.379 e. The SMILES string of the molecule is CCN(CC)c1ccc(C(F)(F)F)cc1NC(=O)CN1CCOCC1. The first-order valence-electron chi connectivity index (χ1n) is 8.41. The second-order valence-electron chi connectivity index (χ2n) is 5.84. The van der Waals surface area contributed by atoms with E-state index < -0.39 is 11.7 Å². The Labute approximate surface area is 145 Å². The van der Waals surface area contributed by atoms with Gasteiger partial charge in [0, 0.05) is 26.2 Å². The third-order valence-corrected chi connectivity index (χ3v) is 4.17. The quantitative estimate of drug-likeness (QED) is 0.848. The van der Waals surface area contributed by atoms with Crippen LogP contribution in [0.2, 0.25) is 0 Å². The molecular formula is C17H24F3N3O2. The molecule has 0 unspecified atom stereocenters. The maximum absolute atomic E-state index is 13.0. The molecular weight excluding hydrogens is 335 g/mol. The minimum Gasteiger partial charge on any atom is -0.379 e. The van der Waals surface area contributed by atoms with Crippen molar-refractivity contribution in [3.05, 3.63) is 23.8 Å². The number of benzene rings is 1. The van der Waals surface area contributed by atoms with Gasteiger partial charge in [0.1, 0.15) is 0 Å². The average molecular weight is 359 g/mol. The Balaban J connectivity index is 2.20. The molecule has 2 rings (SSSR count). The summed E-state index contributed by atoms with van der Waals surface area (Å²) in [5.74, 6) is -0.324. The number of nitrogens with one attached hydrogen (secondary N) is 1. The summed E-state index contributed by atoms with van der Waals surface area (Å²) in [5, 5.41) is 2.66. The molecule has 0 aromatic heterocycles. The van der Waals surface area contributed by atoms with E-state index in [1.807, 2.05) is 23.6 Å². The van der Waals surface area contributed by atoms with Gasteiger partial charge in [-0.3, -0.25) is 9.69 Å². The van der Waals surface area contributed by atoms with Crippen LogP contribution < -0.4 is 10.2 Å². The van der Waals surface area contributed by atoms with Gasteiger partial charge in [-0.2, -0.15) is 13.2 Å². The lowest BCUT2D eigenvalue weighted by atomic mass is 10.1. The number of hydrogen-bond acceptors (Lipinski definition) is 4. The van der Waals surface area contributed by atoms with Crippen LogP contribution in [-0.2, 0) is 15.7 Å². The van der Waals surface area contributed by atoms with E-state index in [9.17, 15) is 18.0 Å². The Bertz CT molecular complexity index is 583. The highest BCUT2D eigenvalue weighted by Crippen LogP contribution is 2.35. The van der Waals surface area contributed by atoms with Crippen molar-refractivity contribution in [2.75, 3.05) is 56.2 Å². The summed E-state index contributed by atoms with van der Waals surface area (Å²) >= 11 is 0. The molecule has 0 radical (unpaired) electrons. The molecule has 8 heteroatoms. The summed E-state index contributed by atoms with van der Waals surface area (Å²) in [6.07, 6.45) is -4.45. The largest absolute Gasteiger partial charge is 0.416 e. The number of amides is 1. The Kier molecular flexibility index (Phi) is 6.66. The number of halogens is 3. The van der Waals surface area contributed by atoms with Gasteiger partial charge in [-0.25, -0.2) is 0 Å². The molecule has 1 aromatic rings. The zero-order valence-electron chi connectivity index (χ0n) is 14.5. The Morgan fingerprint density at radius 2 is 1.88 bits per heavy atom. The molecule has 1 amide bonds. The number of alkyl halides is 3. The van der Waals surface area contributed by atoms with E-state index in [2.05, 4.69) is 5.32 Å². The molecule has 1 saturated heterocycles. The van der Waals surface area contributed by atoms with E-state index in [1.165, 1.54) is 6.07 Å². The predicted octanol–water partition coefficient (Wildman–Crippen LogP) is 2.82. The zero-order valence-corrected chi connectivity index (χ0v) is 14.5. The van der Waals surface area contributed by atoms with E-state index in [0.29, 0.717) is 45.1 Å². The lowest BCUT2D eigenvalue weighted by Gasteiger charge is -2.27. The first kappa shape index (κ1) is 19.5. The number of carbonyl (C=O) groups is 1. The van der Waals surface area contributed by atoms with E-state index in [0.717, 1.165) is 12.1 Å². The van der Waals surface area contributed by atoms with Gasteiger partial charge in [-0.1, -0.05) is 0 Å². The lowest BCUT2D eigenvalue weighted by Crippen LogP contribution is -2.41. The van der Waals surface area contributed by atoms with Gasteiger partial charge in [-0.15, -0.1) is 0 Å². The minimum absolute atomic E-state index is 0.136. The topological polar surface area (TPSA) is 44.8 Å². The van der Waals surface area contributed by atoms with Crippen molar-refractivity contribution in [1.29, 1.82) is 0 Å². The summed E-state index contributed by atoms with van der Waals surface area (Å²) < 4.78 is 44.3. The van der Waals surface area contributed by atoms with Crippen molar-refractivity contribution >= 4 is 17.3 Å². The summed E-state index contributed by atoms with van der Waals surface area (Å²) in [4.78, 5) is 16.1. The maximum Gasteiger partial charge on any atom is 0.416 e. The van der Waals surface area contributed by atoms with Crippen LogP contribution in [-0.4, -0.2) is 56.7 Å². The number of rotatable bonds is 6. The van der Waals surface area contributed by atoms with Gasteiger partial charge in [0.25, 0.3) is 0 Å². The molecule has 140 valence electrons. The van der Waals surface area contributed by atoms with Gasteiger partial charge in [-0.05, 0) is 32.0 Å². The number of carbonyl (C=O) groups excluding carboxylic acids is 1. The molecule has 1 aliphatic heterocycles. The minimum atomic E-state index is -4.45. The van der Waals surface area contributed by atoms with Crippen molar-refractivity contribution < 1.29 is 22.7 Å². The molecule has 1 fully saturated rings. The molecule has 5 nitrogen and oxygen atoms in total. The molecule has 1 heterocycles. The Morgan fingerprint density at radius 3 is 2.44 bits per heavy atom. The molecule has 1 aliphatic rings. The zero-order chi connectivity index (χ0) is 18.4. The summed E-state index contributed by atoms with van der Waals surface area (Å²) in [6.45, 7) is 7.63. The van der Waals surface area contributed by atoms with Crippen LogP contribution in [0, 0.1) is 0 Å². The molecule has 0 spiro atoms. The first-order chi connectivity index (χ1) is 11.8. The maximum atomic E-state index is 13.0. The van der Waals surface area contributed by atoms with Crippen LogP contribution in [0.15, 0.2) is 18.2 Å². The fourth-order valence-electron chi connectivity index (χ4n) is 2.80. The first-order valence-corrected chi connectivity index (χ1v) is 8.41. The highest BCUT2D eigenvalue weighted by Gasteiger charge is 2.31. The standard InChI is InChI=1S/C17H24F3N3O2/c1-3-23(4-2)15-6-5-13(17(18,19)20)11-14(15)21-16(24)12-22-7-9-25-10-8-22/h5-6,11H,3-4,7-10,12H2,1-2H3,(H,21,24). The van der Waals surface area contributed by atoms with Crippen molar-refractivity contribution in [1.82, 2.24) is 4.90 Å². The highest BCUT2D eigenvalue weighted by molar-refractivity contribution is 5.95. The lowest BCUT2D eigenvalue weighted by molar-refractivity contribution is -0.137. The second kappa shape index (κ2) is 8.53. The molecule has 25 heavy (non-hydrogen) atoms. The van der Waals surface area contributed by atoms with Crippen molar-refractivity contribution in [2.24, 2.45) is 0 Å². The van der Waals surface area contributed by atoms with Crippen molar-refractivity contribution in [2.45, 2.75) is 20.0 Å². The fraction of sp³-hybridized carbons (Fsp3) is 0.588. The van der Waals surface area contributed by atoms with Crippen LogP contribution in [0.5, 0.6) is 0 Å². The van der Waals surface area contributed by atoms with Crippen molar-refractivity contribution in [3.63, 3.8) is 0 Å². The summed E-state index contributed by atoms with van der Waals surface area (Å²) in [6, 6.07) is 3.47. The van der Waals surface area contributed by atoms with Gasteiger partial charge in [0.15, 0.2) is 0 Å². The molecule has 0 saturated carbocycles. The molecule has 1 aromatic carbocycles. The van der Waals surface area contributed by atoms with E-state index in [4.69, 9.17) is 4.74 Å². The van der Waals surface area contributed by atoms with Crippen LogP contribution in [0.1, 0.15) is 19.4 Å². The average Bonchev–Trinajstić information content (AvgIpc) is 2.57. The third-order valence-electron chi connectivity index (χ3n) is 4.17. The van der Waals surface area contributed by atoms with Gasteiger partial charge in [0.2, 0.25) is 5.91 Å². The number of anilines is 2. The summed E-state index contributed by atoms with van der Waals surface area (Å²) in [7, 11) is 0.